The molecule has 0 saturated carbocycles. The molecule has 0 fully saturated rings. The summed E-state index contributed by atoms with van der Waals surface area (Å²) >= 11 is 1.35. The highest BCUT2D eigenvalue weighted by atomic mass is 32.1. The van der Waals surface area contributed by atoms with Crippen LogP contribution in [0, 0.1) is 18.8 Å². The Morgan fingerprint density at radius 2 is 2.19 bits per heavy atom. The third-order valence-corrected chi connectivity index (χ3v) is 3.80. The average Bonchev–Trinajstić information content (AvgIpc) is 2.94. The molecule has 1 aromatic heterocycles. The van der Waals surface area contributed by atoms with Gasteiger partial charge in [-0.2, -0.15) is 0 Å². The van der Waals surface area contributed by atoms with E-state index in [9.17, 15) is 4.79 Å². The van der Waals surface area contributed by atoms with Gasteiger partial charge in [0.15, 0.2) is 0 Å². The zero-order chi connectivity index (χ0) is 15.2. The van der Waals surface area contributed by atoms with Gasteiger partial charge in [-0.1, -0.05) is 11.8 Å². The zero-order valence-corrected chi connectivity index (χ0v) is 12.7. The highest BCUT2D eigenvalue weighted by molar-refractivity contribution is 7.14. The Labute approximate surface area is 127 Å². The predicted octanol–water partition coefficient (Wildman–Crippen LogP) is 2.63. The second-order valence-electron chi connectivity index (χ2n) is 4.31. The third kappa shape index (κ3) is 3.85. The molecule has 1 heterocycles. The van der Waals surface area contributed by atoms with Gasteiger partial charge in [-0.15, -0.1) is 11.3 Å². The van der Waals surface area contributed by atoms with Gasteiger partial charge in [0.25, 0.3) is 5.91 Å². The largest absolute Gasteiger partial charge is 0.496 e. The Morgan fingerprint density at radius 1 is 1.38 bits per heavy atom. The fourth-order valence-corrected chi connectivity index (χ4v) is 2.59. The third-order valence-electron chi connectivity index (χ3n) is 2.80. The molecular weight excluding hydrogens is 284 g/mol. The average molecular weight is 300 g/mol. The summed E-state index contributed by atoms with van der Waals surface area (Å²) in [5, 5.41) is 2.86. The van der Waals surface area contributed by atoms with Crippen molar-refractivity contribution in [3.63, 3.8) is 0 Å². The van der Waals surface area contributed by atoms with Gasteiger partial charge in [0, 0.05) is 5.69 Å². The molecule has 0 saturated heterocycles. The number of anilines is 1. The number of hydrogen-bond donors (Lipinski definition) is 2. The van der Waals surface area contributed by atoms with Crippen molar-refractivity contribution in [3.05, 3.63) is 45.6 Å². The predicted molar refractivity (Wildman–Crippen MR) is 85.9 cm³/mol. The van der Waals surface area contributed by atoms with E-state index in [-0.39, 0.29) is 5.91 Å². The second-order valence-corrected chi connectivity index (χ2v) is 5.39. The Morgan fingerprint density at radius 3 is 2.86 bits per heavy atom. The summed E-state index contributed by atoms with van der Waals surface area (Å²) in [5.41, 5.74) is 7.03. The van der Waals surface area contributed by atoms with Gasteiger partial charge in [0.05, 0.1) is 23.4 Å². The minimum atomic E-state index is -0.148. The molecule has 21 heavy (non-hydrogen) atoms. The number of nitrogens with two attached hydrogens (primary N) is 1. The zero-order valence-electron chi connectivity index (χ0n) is 11.9. The molecule has 1 aromatic carbocycles. The molecule has 5 heteroatoms. The van der Waals surface area contributed by atoms with Gasteiger partial charge in [0.2, 0.25) is 0 Å². The van der Waals surface area contributed by atoms with Crippen LogP contribution >= 0.6 is 11.3 Å². The van der Waals surface area contributed by atoms with Gasteiger partial charge in [-0.05, 0) is 42.8 Å². The van der Waals surface area contributed by atoms with Crippen LogP contribution in [-0.4, -0.2) is 19.6 Å². The maximum Gasteiger partial charge on any atom is 0.265 e. The first-order valence-electron chi connectivity index (χ1n) is 6.39. The molecule has 0 aliphatic rings. The normalized spacial score (nSPS) is 9.67. The van der Waals surface area contributed by atoms with E-state index in [0.29, 0.717) is 11.4 Å². The van der Waals surface area contributed by atoms with Gasteiger partial charge in [-0.3, -0.25) is 4.79 Å². The van der Waals surface area contributed by atoms with Crippen molar-refractivity contribution < 1.29 is 9.53 Å². The number of nitrogens with one attached hydrogen (secondary N) is 1. The molecule has 2 aromatic rings. The molecular formula is C16H16N2O2S. The molecule has 0 spiro atoms. The Balaban J connectivity index is 2.10. The number of carbonyl (C=O) groups is 1. The Bertz CT molecular complexity index is 711. The summed E-state index contributed by atoms with van der Waals surface area (Å²) < 4.78 is 5.19. The summed E-state index contributed by atoms with van der Waals surface area (Å²) in [6.07, 6.45) is 0. The minimum Gasteiger partial charge on any atom is -0.496 e. The van der Waals surface area contributed by atoms with Crippen LogP contribution in [0.15, 0.2) is 30.3 Å². The molecule has 0 radical (unpaired) electrons. The van der Waals surface area contributed by atoms with E-state index >= 15 is 0 Å². The van der Waals surface area contributed by atoms with Crippen LogP contribution in [-0.2, 0) is 0 Å². The lowest BCUT2D eigenvalue weighted by atomic mass is 10.2. The number of rotatable bonds is 3. The maximum atomic E-state index is 12.2. The molecule has 0 aliphatic carbocycles. The quantitative estimate of drug-likeness (QED) is 0.856. The second kappa shape index (κ2) is 6.93. The van der Waals surface area contributed by atoms with Crippen LogP contribution in [0.25, 0.3) is 0 Å². The molecule has 1 amide bonds. The highest BCUT2D eigenvalue weighted by Gasteiger charge is 2.09. The molecule has 108 valence electrons. The molecule has 0 unspecified atom stereocenters. The molecule has 0 bridgehead atoms. The highest BCUT2D eigenvalue weighted by Crippen LogP contribution is 2.23. The first kappa shape index (κ1) is 15.1. The smallest absolute Gasteiger partial charge is 0.265 e. The number of benzene rings is 1. The lowest BCUT2D eigenvalue weighted by Gasteiger charge is -2.08. The first-order valence-corrected chi connectivity index (χ1v) is 7.20. The standard InChI is InChI=1S/C16H16N2O2S/c1-11-10-12(5-7-14(11)20-2)18-16(19)15-8-6-13(21-15)4-3-9-17/h5-8,10H,9,17H2,1-2H3,(H,18,19). The van der Waals surface area contributed by atoms with Crippen molar-refractivity contribution in [1.82, 2.24) is 0 Å². The van der Waals surface area contributed by atoms with Crippen LogP contribution in [0.4, 0.5) is 5.69 Å². The van der Waals surface area contributed by atoms with Crippen molar-refractivity contribution in [2.24, 2.45) is 5.73 Å². The van der Waals surface area contributed by atoms with E-state index in [2.05, 4.69) is 17.2 Å². The molecule has 0 atom stereocenters. The lowest BCUT2D eigenvalue weighted by molar-refractivity contribution is 0.103. The van der Waals surface area contributed by atoms with Gasteiger partial charge in [0.1, 0.15) is 5.75 Å². The van der Waals surface area contributed by atoms with Crippen molar-refractivity contribution in [3.8, 4) is 17.6 Å². The van der Waals surface area contributed by atoms with E-state index < -0.39 is 0 Å². The fraction of sp³-hybridized carbons (Fsp3) is 0.188. The number of ether oxygens (including phenoxy) is 1. The number of carbonyl (C=O) groups excluding carboxylic acids is 1. The SMILES string of the molecule is COc1ccc(NC(=O)c2ccc(C#CCN)s2)cc1C. The summed E-state index contributed by atoms with van der Waals surface area (Å²) in [4.78, 5) is 13.6. The Hall–Kier alpha value is -2.29. The number of amides is 1. The minimum absolute atomic E-state index is 0.148. The van der Waals surface area contributed by atoms with Crippen molar-refractivity contribution in [2.45, 2.75) is 6.92 Å². The van der Waals surface area contributed by atoms with E-state index in [0.717, 1.165) is 21.9 Å². The van der Waals surface area contributed by atoms with E-state index in [1.165, 1.54) is 11.3 Å². The molecule has 2 rings (SSSR count). The number of thiophene rings is 1. The van der Waals surface area contributed by atoms with Gasteiger partial charge >= 0.3 is 0 Å². The summed E-state index contributed by atoms with van der Waals surface area (Å²) in [5.74, 6) is 6.33. The van der Waals surface area contributed by atoms with E-state index in [1.54, 1.807) is 13.2 Å². The fourth-order valence-electron chi connectivity index (χ4n) is 1.81. The van der Waals surface area contributed by atoms with Crippen LogP contribution in [0.5, 0.6) is 5.75 Å². The van der Waals surface area contributed by atoms with Crippen LogP contribution in [0.3, 0.4) is 0 Å². The summed E-state index contributed by atoms with van der Waals surface area (Å²) in [6.45, 7) is 2.24. The Kier molecular flexibility index (Phi) is 4.99. The number of hydrogen-bond acceptors (Lipinski definition) is 4. The number of aryl methyl sites for hydroxylation is 1. The van der Waals surface area contributed by atoms with E-state index in [4.69, 9.17) is 10.5 Å². The van der Waals surface area contributed by atoms with Crippen molar-refractivity contribution >= 4 is 22.9 Å². The summed E-state index contributed by atoms with van der Waals surface area (Å²) in [7, 11) is 1.62. The molecule has 3 N–H and O–H groups in total. The molecule has 4 nitrogen and oxygen atoms in total. The van der Waals surface area contributed by atoms with E-state index in [1.807, 2.05) is 31.2 Å². The van der Waals surface area contributed by atoms with Crippen LogP contribution in [0.2, 0.25) is 0 Å². The molecule has 0 aliphatic heterocycles. The van der Waals surface area contributed by atoms with Crippen LogP contribution < -0.4 is 15.8 Å². The maximum absolute atomic E-state index is 12.2. The van der Waals surface area contributed by atoms with Gasteiger partial charge < -0.3 is 15.8 Å². The van der Waals surface area contributed by atoms with Crippen molar-refractivity contribution in [2.75, 3.05) is 19.0 Å². The van der Waals surface area contributed by atoms with Crippen LogP contribution in [0.1, 0.15) is 20.1 Å². The number of methoxy groups -OCH3 is 1. The summed E-state index contributed by atoms with van der Waals surface area (Å²) in [6, 6.07) is 9.10. The van der Waals surface area contributed by atoms with Gasteiger partial charge in [-0.25, -0.2) is 0 Å². The van der Waals surface area contributed by atoms with Crippen molar-refractivity contribution in [1.29, 1.82) is 0 Å². The monoisotopic (exact) mass is 300 g/mol. The topological polar surface area (TPSA) is 64.3 Å². The first-order chi connectivity index (χ1) is 10.1. The lowest BCUT2D eigenvalue weighted by Crippen LogP contribution is -2.10.